The van der Waals surface area contributed by atoms with Crippen molar-refractivity contribution in [2.24, 2.45) is 0 Å². The summed E-state index contributed by atoms with van der Waals surface area (Å²) in [5, 5.41) is 8.44. The molecule has 0 bridgehead atoms. The first-order valence-electron chi connectivity index (χ1n) is 16.6. The van der Waals surface area contributed by atoms with Gasteiger partial charge in [-0.1, -0.05) is 152 Å². The molecule has 2 aromatic heterocycles. The molecule has 10 rings (SSSR count). The van der Waals surface area contributed by atoms with Crippen molar-refractivity contribution < 1.29 is 0 Å². The fourth-order valence-corrected chi connectivity index (χ4v) is 8.62. The molecule has 0 unspecified atom stereocenters. The Morgan fingerprint density at radius 3 is 1.71 bits per heavy atom. The van der Waals surface area contributed by atoms with E-state index in [-0.39, 0.29) is 0 Å². The van der Waals surface area contributed by atoms with E-state index in [1.807, 2.05) is 11.3 Å². The van der Waals surface area contributed by atoms with Gasteiger partial charge in [-0.3, -0.25) is 0 Å². The second-order valence-electron chi connectivity index (χ2n) is 12.5. The van der Waals surface area contributed by atoms with E-state index in [0.717, 1.165) is 50.1 Å². The van der Waals surface area contributed by atoms with Crippen molar-refractivity contribution in [2.75, 3.05) is 0 Å². The molecule has 0 aliphatic rings. The number of benzene rings is 8. The van der Waals surface area contributed by atoms with Crippen LogP contribution < -0.4 is 0 Å². The average Bonchev–Trinajstić information content (AvgIpc) is 3.57. The van der Waals surface area contributed by atoms with Gasteiger partial charge in [-0.15, -0.1) is 11.3 Å². The molecule has 0 amide bonds. The Balaban J connectivity index is 1.16. The number of thiophene rings is 1. The molecule has 0 aliphatic heterocycles. The van der Waals surface area contributed by atoms with Gasteiger partial charge < -0.3 is 0 Å². The summed E-state index contributed by atoms with van der Waals surface area (Å²) in [6.07, 6.45) is 0. The molecule has 0 aliphatic carbocycles. The van der Waals surface area contributed by atoms with Gasteiger partial charge in [-0.05, 0) is 56.6 Å². The van der Waals surface area contributed by atoms with E-state index in [1.54, 1.807) is 0 Å². The quantitative estimate of drug-likeness (QED) is 0.179. The predicted octanol–water partition coefficient (Wildman–Crippen LogP) is 13.0. The van der Waals surface area contributed by atoms with E-state index in [0.29, 0.717) is 0 Å². The van der Waals surface area contributed by atoms with Crippen molar-refractivity contribution in [2.45, 2.75) is 0 Å². The first-order valence-corrected chi connectivity index (χ1v) is 17.4. The fourth-order valence-electron chi connectivity index (χ4n) is 7.38. The second-order valence-corrected chi connectivity index (χ2v) is 13.6. The van der Waals surface area contributed by atoms with Crippen LogP contribution in [-0.2, 0) is 0 Å². The van der Waals surface area contributed by atoms with Crippen molar-refractivity contribution >= 4 is 64.0 Å². The van der Waals surface area contributed by atoms with Crippen LogP contribution in [0.15, 0.2) is 170 Å². The van der Waals surface area contributed by atoms with Crippen LogP contribution in [0.3, 0.4) is 0 Å². The molecule has 49 heavy (non-hydrogen) atoms. The third kappa shape index (κ3) is 4.55. The second kappa shape index (κ2) is 11.2. The SMILES string of the molecule is c1ccc(-c2nc(-c3cccc(-c4cccc(-c5cccc6c5sc5ccccc56)c4)c3)nc3c4ccccc4c4ccccc4c23)cc1. The molecule has 0 saturated heterocycles. The molecule has 10 aromatic rings. The minimum Gasteiger partial charge on any atom is -0.227 e. The first kappa shape index (κ1) is 27.9. The van der Waals surface area contributed by atoms with Crippen LogP contribution >= 0.6 is 11.3 Å². The highest BCUT2D eigenvalue weighted by molar-refractivity contribution is 7.26. The molecule has 0 radical (unpaired) electrons. The zero-order valence-electron chi connectivity index (χ0n) is 26.5. The topological polar surface area (TPSA) is 25.8 Å². The summed E-state index contributed by atoms with van der Waals surface area (Å²) in [6, 6.07) is 60.7. The Morgan fingerprint density at radius 1 is 0.367 bits per heavy atom. The highest BCUT2D eigenvalue weighted by Crippen LogP contribution is 2.42. The lowest BCUT2D eigenvalue weighted by atomic mass is 9.94. The Kier molecular flexibility index (Phi) is 6.39. The van der Waals surface area contributed by atoms with E-state index in [1.165, 1.54) is 47.5 Å². The van der Waals surface area contributed by atoms with Gasteiger partial charge in [-0.2, -0.15) is 0 Å². The van der Waals surface area contributed by atoms with Crippen LogP contribution in [0.2, 0.25) is 0 Å². The van der Waals surface area contributed by atoms with Crippen molar-refractivity contribution in [3.05, 3.63) is 170 Å². The van der Waals surface area contributed by atoms with Crippen LogP contribution in [0.1, 0.15) is 0 Å². The summed E-state index contributed by atoms with van der Waals surface area (Å²) in [5.41, 5.74) is 8.78. The van der Waals surface area contributed by atoms with Crippen LogP contribution in [0.25, 0.3) is 97.5 Å². The predicted molar refractivity (Wildman–Crippen MR) is 209 cm³/mol. The minimum atomic E-state index is 0.722. The van der Waals surface area contributed by atoms with E-state index in [4.69, 9.17) is 9.97 Å². The van der Waals surface area contributed by atoms with Gasteiger partial charge in [0.15, 0.2) is 5.82 Å². The zero-order chi connectivity index (χ0) is 32.3. The first-order chi connectivity index (χ1) is 24.3. The van der Waals surface area contributed by atoms with Crippen LogP contribution in [-0.4, -0.2) is 9.97 Å². The Morgan fingerprint density at radius 2 is 0.918 bits per heavy atom. The third-order valence-corrected chi connectivity index (χ3v) is 10.9. The minimum absolute atomic E-state index is 0.722. The van der Waals surface area contributed by atoms with Crippen molar-refractivity contribution in [3.63, 3.8) is 0 Å². The number of hydrogen-bond donors (Lipinski definition) is 0. The summed E-state index contributed by atoms with van der Waals surface area (Å²) in [5.74, 6) is 0.722. The Bertz CT molecular complexity index is 2890. The molecule has 2 nitrogen and oxygen atoms in total. The fraction of sp³-hybridized carbons (Fsp3) is 0. The van der Waals surface area contributed by atoms with Crippen LogP contribution in [0, 0.1) is 0 Å². The number of fused-ring (bicyclic) bond motifs is 9. The third-order valence-electron chi connectivity index (χ3n) is 9.66. The standard InChI is InChI=1S/C46H28N2S/c1-2-13-29(14-3-1)43-42-38-22-6-4-19-35(38)36-20-5-7-23-39(36)44(42)48-46(47-43)33-18-11-16-31(28-33)30-15-10-17-32(27-30)34-24-12-25-40-37-21-8-9-26-41(37)49-45(34)40/h1-28H. The highest BCUT2D eigenvalue weighted by Gasteiger charge is 2.18. The van der Waals surface area contributed by atoms with Crippen molar-refractivity contribution in [1.82, 2.24) is 9.97 Å². The van der Waals surface area contributed by atoms with Gasteiger partial charge in [0, 0.05) is 42.1 Å². The lowest BCUT2D eigenvalue weighted by Gasteiger charge is -2.15. The maximum atomic E-state index is 5.36. The normalized spacial score (nSPS) is 11.7. The summed E-state index contributed by atoms with van der Waals surface area (Å²) >= 11 is 1.87. The molecule has 0 atom stereocenters. The van der Waals surface area contributed by atoms with E-state index in [9.17, 15) is 0 Å². The van der Waals surface area contributed by atoms with Gasteiger partial charge in [0.05, 0.1) is 11.2 Å². The summed E-state index contributed by atoms with van der Waals surface area (Å²) in [6.45, 7) is 0. The van der Waals surface area contributed by atoms with Gasteiger partial charge in [-0.25, -0.2) is 9.97 Å². The number of nitrogens with zero attached hydrogens (tertiary/aromatic N) is 2. The average molecular weight is 641 g/mol. The van der Waals surface area contributed by atoms with Gasteiger partial charge >= 0.3 is 0 Å². The lowest BCUT2D eigenvalue weighted by Crippen LogP contribution is -1.97. The summed E-state index contributed by atoms with van der Waals surface area (Å²) < 4.78 is 2.65. The van der Waals surface area contributed by atoms with Crippen LogP contribution in [0.4, 0.5) is 0 Å². The van der Waals surface area contributed by atoms with E-state index >= 15 is 0 Å². The van der Waals surface area contributed by atoms with Gasteiger partial charge in [0.1, 0.15) is 0 Å². The molecule has 0 saturated carbocycles. The molecule has 8 aromatic carbocycles. The number of rotatable bonds is 4. The lowest BCUT2D eigenvalue weighted by molar-refractivity contribution is 1.24. The van der Waals surface area contributed by atoms with E-state index in [2.05, 4.69) is 170 Å². The zero-order valence-corrected chi connectivity index (χ0v) is 27.3. The van der Waals surface area contributed by atoms with Gasteiger partial charge in [0.25, 0.3) is 0 Å². The molecule has 228 valence electrons. The molecule has 0 spiro atoms. The summed E-state index contributed by atoms with van der Waals surface area (Å²) in [7, 11) is 0. The molecular weight excluding hydrogens is 613 g/mol. The van der Waals surface area contributed by atoms with Gasteiger partial charge in [0.2, 0.25) is 0 Å². The molecule has 0 fully saturated rings. The largest absolute Gasteiger partial charge is 0.227 e. The molecule has 2 heterocycles. The van der Waals surface area contributed by atoms with Crippen LogP contribution in [0.5, 0.6) is 0 Å². The highest BCUT2D eigenvalue weighted by atomic mass is 32.1. The van der Waals surface area contributed by atoms with Crippen molar-refractivity contribution in [3.8, 4) is 44.9 Å². The molecular formula is C46H28N2S. The smallest absolute Gasteiger partial charge is 0.160 e. The summed E-state index contributed by atoms with van der Waals surface area (Å²) in [4.78, 5) is 10.7. The maximum absolute atomic E-state index is 5.36. The maximum Gasteiger partial charge on any atom is 0.160 e. The molecule has 3 heteroatoms. The van der Waals surface area contributed by atoms with Crippen molar-refractivity contribution in [1.29, 1.82) is 0 Å². The Labute approximate surface area is 287 Å². The number of hydrogen-bond acceptors (Lipinski definition) is 3. The molecule has 0 N–H and O–H groups in total. The van der Waals surface area contributed by atoms with E-state index < -0.39 is 0 Å². The number of aromatic nitrogens is 2. The monoisotopic (exact) mass is 640 g/mol. The Hall–Kier alpha value is -6.16.